The van der Waals surface area contributed by atoms with E-state index in [9.17, 15) is 0 Å². The summed E-state index contributed by atoms with van der Waals surface area (Å²) in [5.74, 6) is 0. The van der Waals surface area contributed by atoms with Crippen molar-refractivity contribution < 1.29 is 0 Å². The van der Waals surface area contributed by atoms with Crippen LogP contribution >= 0.6 is 0 Å². The van der Waals surface area contributed by atoms with E-state index in [0.29, 0.717) is 6.54 Å². The van der Waals surface area contributed by atoms with E-state index in [1.165, 1.54) is 83.6 Å². The van der Waals surface area contributed by atoms with Gasteiger partial charge in [-0.05, 0) is 13.0 Å². The highest BCUT2D eigenvalue weighted by atomic mass is 15.0. The summed E-state index contributed by atoms with van der Waals surface area (Å²) in [5.41, 5.74) is 5.42. The smallest absolute Gasteiger partial charge is 0.00772 e. The Labute approximate surface area is 170 Å². The Balaban J connectivity index is 2.95. The van der Waals surface area contributed by atoms with Gasteiger partial charge < -0.3 is 27.0 Å². The van der Waals surface area contributed by atoms with Gasteiger partial charge >= 0.3 is 0 Å². The van der Waals surface area contributed by atoms with Crippen LogP contribution in [0.5, 0.6) is 0 Å². The third-order valence-electron chi connectivity index (χ3n) is 4.96. The fourth-order valence-electron chi connectivity index (χ4n) is 3.22. The van der Waals surface area contributed by atoms with Crippen molar-refractivity contribution in [1.82, 2.24) is 21.3 Å². The van der Waals surface area contributed by atoms with Crippen molar-refractivity contribution in [2.45, 2.75) is 84.0 Å². The van der Waals surface area contributed by atoms with Crippen molar-refractivity contribution in [3.05, 3.63) is 0 Å². The molecule has 0 spiro atoms. The molecular weight excluding hydrogens is 334 g/mol. The molecule has 27 heavy (non-hydrogen) atoms. The first-order valence-corrected chi connectivity index (χ1v) is 11.9. The predicted molar refractivity (Wildman–Crippen MR) is 122 cm³/mol. The van der Waals surface area contributed by atoms with Gasteiger partial charge in [-0.3, -0.25) is 0 Å². The average Bonchev–Trinajstić information content (AvgIpc) is 2.68. The zero-order chi connectivity index (χ0) is 19.7. The Bertz CT molecular complexity index is 227. The summed E-state index contributed by atoms with van der Waals surface area (Å²) in [5, 5.41) is 13.7. The van der Waals surface area contributed by atoms with Crippen molar-refractivity contribution in [3.63, 3.8) is 0 Å². The lowest BCUT2D eigenvalue weighted by molar-refractivity contribution is 0.529. The first kappa shape index (κ1) is 26.8. The van der Waals surface area contributed by atoms with E-state index < -0.39 is 0 Å². The van der Waals surface area contributed by atoms with Crippen molar-refractivity contribution in [2.75, 3.05) is 58.9 Å². The molecule has 0 aliphatic rings. The molecule has 6 N–H and O–H groups in total. The number of rotatable bonds is 24. The number of hydrogen-bond acceptors (Lipinski definition) is 5. The van der Waals surface area contributed by atoms with Gasteiger partial charge in [0.15, 0.2) is 0 Å². The molecule has 0 aromatic heterocycles. The van der Waals surface area contributed by atoms with Crippen LogP contribution < -0.4 is 27.0 Å². The zero-order valence-corrected chi connectivity index (χ0v) is 18.4. The summed E-state index contributed by atoms with van der Waals surface area (Å²) in [7, 11) is 0. The maximum atomic E-state index is 5.42. The van der Waals surface area contributed by atoms with Crippen LogP contribution in [0, 0.1) is 0 Å². The molecule has 5 heteroatoms. The van der Waals surface area contributed by atoms with Gasteiger partial charge in [-0.1, -0.05) is 77.6 Å². The number of hydrogen-bond donors (Lipinski definition) is 5. The Hall–Kier alpha value is -0.200. The summed E-state index contributed by atoms with van der Waals surface area (Å²) in [6, 6.07) is 0. The molecule has 0 aromatic carbocycles. The average molecular weight is 386 g/mol. The monoisotopic (exact) mass is 385 g/mol. The van der Waals surface area contributed by atoms with Gasteiger partial charge in [-0.2, -0.15) is 0 Å². The highest BCUT2D eigenvalue weighted by Gasteiger charge is 1.94. The molecule has 0 amide bonds. The largest absolute Gasteiger partial charge is 0.329 e. The quantitative estimate of drug-likeness (QED) is 0.165. The van der Waals surface area contributed by atoms with Gasteiger partial charge in [0.1, 0.15) is 0 Å². The van der Waals surface area contributed by atoms with Gasteiger partial charge in [0.05, 0.1) is 0 Å². The first-order valence-electron chi connectivity index (χ1n) is 11.9. The summed E-state index contributed by atoms with van der Waals surface area (Å²) in [6.07, 6.45) is 17.1. The molecule has 0 aliphatic carbocycles. The minimum absolute atomic E-state index is 0.716. The van der Waals surface area contributed by atoms with Crippen LogP contribution in [0.1, 0.15) is 84.0 Å². The minimum atomic E-state index is 0.716. The molecule has 0 bridgehead atoms. The number of nitrogens with one attached hydrogen (secondary N) is 4. The summed E-state index contributed by atoms with van der Waals surface area (Å²) < 4.78 is 0. The topological polar surface area (TPSA) is 74.1 Å². The number of unbranched alkanes of at least 4 members (excludes halogenated alkanes) is 11. The highest BCUT2D eigenvalue weighted by Crippen LogP contribution is 2.11. The van der Waals surface area contributed by atoms with Gasteiger partial charge in [0.25, 0.3) is 0 Å². The van der Waals surface area contributed by atoms with Crippen LogP contribution in [0.2, 0.25) is 0 Å². The Morgan fingerprint density at radius 3 is 1.15 bits per heavy atom. The lowest BCUT2D eigenvalue weighted by Crippen LogP contribution is -2.36. The first-order chi connectivity index (χ1) is 13.4. The van der Waals surface area contributed by atoms with Crippen molar-refractivity contribution >= 4 is 0 Å². The Morgan fingerprint density at radius 1 is 0.407 bits per heavy atom. The SMILES string of the molecule is CCCCCCCCCCCCCCNCCNCCNCCNCCN. The second-order valence-corrected chi connectivity index (χ2v) is 7.68. The molecule has 5 nitrogen and oxygen atoms in total. The van der Waals surface area contributed by atoms with E-state index in [4.69, 9.17) is 5.73 Å². The predicted octanol–water partition coefficient (Wildman–Crippen LogP) is 3.00. The maximum absolute atomic E-state index is 5.42. The standard InChI is InChI=1S/C22H51N5/c1-2-3-4-5-6-7-8-9-10-11-12-13-15-24-17-19-26-21-22-27-20-18-25-16-14-23/h24-27H,2-23H2,1H3. The molecule has 0 atom stereocenters. The number of nitrogens with two attached hydrogens (primary N) is 1. The van der Waals surface area contributed by atoms with E-state index in [0.717, 1.165) is 45.8 Å². The van der Waals surface area contributed by atoms with Crippen LogP contribution in [0.3, 0.4) is 0 Å². The van der Waals surface area contributed by atoms with E-state index in [-0.39, 0.29) is 0 Å². The van der Waals surface area contributed by atoms with Crippen LogP contribution in [-0.2, 0) is 0 Å². The van der Waals surface area contributed by atoms with Crippen molar-refractivity contribution in [1.29, 1.82) is 0 Å². The Morgan fingerprint density at radius 2 is 0.741 bits per heavy atom. The van der Waals surface area contributed by atoms with Crippen molar-refractivity contribution in [2.24, 2.45) is 5.73 Å². The molecule has 0 heterocycles. The van der Waals surface area contributed by atoms with E-state index in [1.54, 1.807) is 0 Å². The second kappa shape index (κ2) is 25.8. The fourth-order valence-corrected chi connectivity index (χ4v) is 3.22. The van der Waals surface area contributed by atoms with Gasteiger partial charge in [0.2, 0.25) is 0 Å². The lowest BCUT2D eigenvalue weighted by Gasteiger charge is -2.08. The molecule has 0 aromatic rings. The van der Waals surface area contributed by atoms with Crippen LogP contribution in [0.25, 0.3) is 0 Å². The third-order valence-corrected chi connectivity index (χ3v) is 4.96. The van der Waals surface area contributed by atoms with Crippen LogP contribution in [0.15, 0.2) is 0 Å². The van der Waals surface area contributed by atoms with Crippen LogP contribution in [0.4, 0.5) is 0 Å². The summed E-state index contributed by atoms with van der Waals surface area (Å²) >= 11 is 0. The molecule has 0 rings (SSSR count). The van der Waals surface area contributed by atoms with E-state index in [2.05, 4.69) is 28.2 Å². The van der Waals surface area contributed by atoms with E-state index >= 15 is 0 Å². The summed E-state index contributed by atoms with van der Waals surface area (Å²) in [4.78, 5) is 0. The van der Waals surface area contributed by atoms with Gasteiger partial charge in [-0.15, -0.1) is 0 Å². The molecule has 0 saturated carbocycles. The van der Waals surface area contributed by atoms with Gasteiger partial charge in [0, 0.05) is 52.4 Å². The zero-order valence-electron chi connectivity index (χ0n) is 18.4. The van der Waals surface area contributed by atoms with Gasteiger partial charge in [-0.25, -0.2) is 0 Å². The van der Waals surface area contributed by atoms with E-state index in [1.807, 2.05) is 0 Å². The molecule has 0 aliphatic heterocycles. The molecule has 0 saturated heterocycles. The second-order valence-electron chi connectivity index (χ2n) is 7.68. The van der Waals surface area contributed by atoms with Crippen LogP contribution in [-0.4, -0.2) is 58.9 Å². The Kier molecular flexibility index (Phi) is 25.6. The minimum Gasteiger partial charge on any atom is -0.329 e. The lowest BCUT2D eigenvalue weighted by atomic mass is 10.1. The molecule has 0 fully saturated rings. The highest BCUT2D eigenvalue weighted by molar-refractivity contribution is 4.57. The van der Waals surface area contributed by atoms with Crippen molar-refractivity contribution in [3.8, 4) is 0 Å². The molecule has 0 unspecified atom stereocenters. The third kappa shape index (κ3) is 25.8. The fraction of sp³-hybridized carbons (Fsp3) is 1.00. The summed E-state index contributed by atoms with van der Waals surface area (Å²) in [6.45, 7) is 11.3. The molecule has 164 valence electrons. The normalized spacial score (nSPS) is 11.3. The molecular formula is C22H51N5. The maximum Gasteiger partial charge on any atom is 0.00772 e. The molecule has 0 radical (unpaired) electrons.